The average Bonchev–Trinajstić information content (AvgIpc) is 2.75. The highest BCUT2D eigenvalue weighted by Crippen LogP contribution is 2.32. The molecule has 0 radical (unpaired) electrons. The van der Waals surface area contributed by atoms with E-state index >= 15 is 0 Å². The van der Waals surface area contributed by atoms with E-state index < -0.39 is 5.91 Å². The van der Waals surface area contributed by atoms with Gasteiger partial charge in [-0.25, -0.2) is 0 Å². The number of anilines is 1. The third kappa shape index (κ3) is 2.20. The fourth-order valence-corrected chi connectivity index (χ4v) is 3.01. The maximum absolute atomic E-state index is 11.6. The van der Waals surface area contributed by atoms with Crippen LogP contribution in [-0.4, -0.2) is 47.9 Å². The molecule has 0 aliphatic carbocycles. The van der Waals surface area contributed by atoms with Crippen LogP contribution in [0.4, 0.5) is 5.69 Å². The molecule has 116 valence electrons. The number of hydrogen-bond donors (Lipinski definition) is 2. The van der Waals surface area contributed by atoms with Gasteiger partial charge in [0.2, 0.25) is 5.91 Å². The Kier molecular flexibility index (Phi) is 3.31. The molecule has 1 aliphatic heterocycles. The summed E-state index contributed by atoms with van der Waals surface area (Å²) in [5, 5.41) is 0.984. The van der Waals surface area contributed by atoms with Crippen molar-refractivity contribution in [2.45, 2.75) is 19.9 Å². The summed E-state index contributed by atoms with van der Waals surface area (Å²) < 4.78 is 0. The fourth-order valence-electron chi connectivity index (χ4n) is 3.01. The topological polar surface area (TPSA) is 82.4 Å². The molecule has 2 amide bonds. The predicted octanol–water partition coefficient (Wildman–Crippen LogP) is 1.24. The molecule has 1 aromatic heterocycles. The highest BCUT2D eigenvalue weighted by molar-refractivity contribution is 6.08. The lowest BCUT2D eigenvalue weighted by Gasteiger charge is -2.44. The lowest BCUT2D eigenvalue weighted by Crippen LogP contribution is -2.59. The van der Waals surface area contributed by atoms with E-state index in [0.29, 0.717) is 11.6 Å². The van der Waals surface area contributed by atoms with Crippen molar-refractivity contribution in [3.8, 4) is 0 Å². The number of amides is 2. The minimum Gasteiger partial charge on any atom is -0.367 e. The number of primary amides is 1. The van der Waals surface area contributed by atoms with Gasteiger partial charge in [0, 0.05) is 43.8 Å². The molecule has 0 atom stereocenters. The van der Waals surface area contributed by atoms with Crippen LogP contribution in [-0.2, 0) is 4.79 Å². The summed E-state index contributed by atoms with van der Waals surface area (Å²) in [6.07, 6.45) is 0. The van der Waals surface area contributed by atoms with Gasteiger partial charge in [-0.15, -0.1) is 0 Å². The van der Waals surface area contributed by atoms with Gasteiger partial charge in [0.05, 0.1) is 17.1 Å². The van der Waals surface area contributed by atoms with E-state index in [1.807, 2.05) is 31.0 Å². The van der Waals surface area contributed by atoms with Crippen LogP contribution < -0.4 is 10.6 Å². The van der Waals surface area contributed by atoms with E-state index in [-0.39, 0.29) is 5.91 Å². The Labute approximate surface area is 128 Å². The summed E-state index contributed by atoms with van der Waals surface area (Å²) >= 11 is 0. The van der Waals surface area contributed by atoms with Crippen molar-refractivity contribution >= 4 is 28.4 Å². The van der Waals surface area contributed by atoms with Gasteiger partial charge in [0.1, 0.15) is 0 Å². The van der Waals surface area contributed by atoms with Gasteiger partial charge in [0.15, 0.2) is 0 Å². The number of nitrogens with two attached hydrogens (primary N) is 1. The first-order valence-electron chi connectivity index (χ1n) is 7.29. The molecule has 3 N–H and O–H groups in total. The van der Waals surface area contributed by atoms with Crippen LogP contribution in [0.15, 0.2) is 18.2 Å². The summed E-state index contributed by atoms with van der Waals surface area (Å²) in [5.41, 5.74) is 8.74. The zero-order valence-electron chi connectivity index (χ0n) is 13.0. The normalized spacial score (nSPS) is 15.0. The van der Waals surface area contributed by atoms with Crippen molar-refractivity contribution in [2.24, 2.45) is 5.73 Å². The number of aryl methyl sites for hydroxylation is 1. The Balaban J connectivity index is 1.96. The molecule has 1 saturated heterocycles. The second-order valence-electron chi connectivity index (χ2n) is 5.93. The van der Waals surface area contributed by atoms with Gasteiger partial charge in [-0.1, -0.05) is 0 Å². The first kappa shape index (κ1) is 14.4. The molecule has 2 heterocycles. The van der Waals surface area contributed by atoms with Crippen LogP contribution in [0.3, 0.4) is 0 Å². The summed E-state index contributed by atoms with van der Waals surface area (Å²) in [6.45, 7) is 5.00. The van der Waals surface area contributed by atoms with Gasteiger partial charge in [-0.3, -0.25) is 9.59 Å². The van der Waals surface area contributed by atoms with Crippen molar-refractivity contribution in [1.29, 1.82) is 0 Å². The zero-order valence-corrected chi connectivity index (χ0v) is 13.0. The second kappa shape index (κ2) is 5.05. The maximum atomic E-state index is 11.6. The summed E-state index contributed by atoms with van der Waals surface area (Å²) in [6, 6.07) is 6.00. The summed E-state index contributed by atoms with van der Waals surface area (Å²) in [5.74, 6) is -0.330. The van der Waals surface area contributed by atoms with Crippen LogP contribution in [0.5, 0.6) is 0 Å². The summed E-state index contributed by atoms with van der Waals surface area (Å²) in [4.78, 5) is 30.1. The molecule has 6 heteroatoms. The smallest absolute Gasteiger partial charge is 0.250 e. The number of carbonyl (C=O) groups excluding carboxylic acids is 2. The Morgan fingerprint density at radius 3 is 2.64 bits per heavy atom. The number of fused-ring (bicyclic) bond motifs is 1. The Bertz CT molecular complexity index is 759. The SMILES string of the molecule is CC(=O)N1CC(N(C)c2ccc(C(N)=O)c3[nH]c(C)cc23)C1. The number of hydrogen-bond acceptors (Lipinski definition) is 3. The van der Waals surface area contributed by atoms with E-state index in [9.17, 15) is 9.59 Å². The Morgan fingerprint density at radius 1 is 1.36 bits per heavy atom. The molecule has 1 fully saturated rings. The largest absolute Gasteiger partial charge is 0.367 e. The first-order chi connectivity index (χ1) is 10.4. The molecule has 0 spiro atoms. The second-order valence-corrected chi connectivity index (χ2v) is 5.93. The minimum absolute atomic E-state index is 0.108. The molecule has 0 unspecified atom stereocenters. The van der Waals surface area contributed by atoms with Gasteiger partial charge >= 0.3 is 0 Å². The van der Waals surface area contributed by atoms with Crippen molar-refractivity contribution in [2.75, 3.05) is 25.0 Å². The number of carbonyl (C=O) groups is 2. The van der Waals surface area contributed by atoms with Crippen LogP contribution >= 0.6 is 0 Å². The fraction of sp³-hybridized carbons (Fsp3) is 0.375. The number of likely N-dealkylation sites (N-methyl/N-ethyl adjacent to an activating group) is 1. The lowest BCUT2D eigenvalue weighted by atomic mass is 10.0. The molecule has 1 aliphatic rings. The monoisotopic (exact) mass is 300 g/mol. The number of H-pyrrole nitrogens is 1. The highest BCUT2D eigenvalue weighted by Gasteiger charge is 2.32. The Morgan fingerprint density at radius 2 is 2.05 bits per heavy atom. The van der Waals surface area contributed by atoms with Crippen LogP contribution in [0, 0.1) is 6.92 Å². The van der Waals surface area contributed by atoms with E-state index in [2.05, 4.69) is 9.88 Å². The van der Waals surface area contributed by atoms with Crippen LogP contribution in [0.25, 0.3) is 10.9 Å². The molecular weight excluding hydrogens is 280 g/mol. The number of nitrogens with one attached hydrogen (secondary N) is 1. The zero-order chi connectivity index (χ0) is 16.0. The quantitative estimate of drug-likeness (QED) is 0.894. The van der Waals surface area contributed by atoms with E-state index in [0.717, 1.165) is 35.4 Å². The number of aromatic amines is 1. The third-order valence-corrected chi connectivity index (χ3v) is 4.41. The molecule has 6 nitrogen and oxygen atoms in total. The van der Waals surface area contributed by atoms with E-state index in [1.54, 1.807) is 13.0 Å². The van der Waals surface area contributed by atoms with E-state index in [1.165, 1.54) is 0 Å². The van der Waals surface area contributed by atoms with Crippen molar-refractivity contribution in [3.63, 3.8) is 0 Å². The first-order valence-corrected chi connectivity index (χ1v) is 7.29. The highest BCUT2D eigenvalue weighted by atomic mass is 16.2. The maximum Gasteiger partial charge on any atom is 0.250 e. The minimum atomic E-state index is -0.438. The number of rotatable bonds is 3. The van der Waals surface area contributed by atoms with Crippen LogP contribution in [0.1, 0.15) is 23.0 Å². The lowest BCUT2D eigenvalue weighted by molar-refractivity contribution is -0.133. The predicted molar refractivity (Wildman–Crippen MR) is 86.0 cm³/mol. The number of aromatic nitrogens is 1. The average molecular weight is 300 g/mol. The molecule has 0 saturated carbocycles. The molecular formula is C16H20N4O2. The number of benzene rings is 1. The van der Waals surface area contributed by atoms with Crippen molar-refractivity contribution in [3.05, 3.63) is 29.5 Å². The van der Waals surface area contributed by atoms with E-state index in [4.69, 9.17) is 5.73 Å². The molecule has 1 aromatic carbocycles. The van der Waals surface area contributed by atoms with Gasteiger partial charge in [-0.2, -0.15) is 0 Å². The third-order valence-electron chi connectivity index (χ3n) is 4.41. The molecule has 22 heavy (non-hydrogen) atoms. The Hall–Kier alpha value is -2.50. The van der Waals surface area contributed by atoms with Crippen molar-refractivity contribution < 1.29 is 9.59 Å². The van der Waals surface area contributed by atoms with Gasteiger partial charge in [-0.05, 0) is 25.1 Å². The molecule has 3 rings (SSSR count). The molecule has 0 bridgehead atoms. The number of nitrogens with zero attached hydrogens (tertiary/aromatic N) is 2. The van der Waals surface area contributed by atoms with Crippen molar-refractivity contribution in [1.82, 2.24) is 9.88 Å². The summed E-state index contributed by atoms with van der Waals surface area (Å²) in [7, 11) is 2.02. The van der Waals surface area contributed by atoms with Gasteiger partial charge < -0.3 is 20.5 Å². The standard InChI is InChI=1S/C16H20N4O2/c1-9-6-13-14(5-4-12(16(17)22)15(13)18-9)19(3)11-7-20(8-11)10(2)21/h4-6,11,18H,7-8H2,1-3H3,(H2,17,22). The van der Waals surface area contributed by atoms with Crippen LogP contribution in [0.2, 0.25) is 0 Å². The molecule has 2 aromatic rings. The van der Waals surface area contributed by atoms with Gasteiger partial charge in [0.25, 0.3) is 5.91 Å². The number of likely N-dealkylation sites (tertiary alicyclic amines) is 1.